The van der Waals surface area contributed by atoms with Gasteiger partial charge in [-0.05, 0) is 37.1 Å². The molecule has 0 aliphatic heterocycles. The van der Waals surface area contributed by atoms with E-state index in [0.717, 1.165) is 37.2 Å². The molecule has 1 heterocycles. The van der Waals surface area contributed by atoms with E-state index in [2.05, 4.69) is 23.8 Å². The zero-order chi connectivity index (χ0) is 26.4. The van der Waals surface area contributed by atoms with E-state index in [1.807, 2.05) is 24.3 Å². The van der Waals surface area contributed by atoms with Crippen molar-refractivity contribution in [1.82, 2.24) is 9.97 Å². The predicted octanol–water partition coefficient (Wildman–Crippen LogP) is 10.1. The molecule has 0 atom stereocenters. The second-order valence-electron chi connectivity index (χ2n) is 10.2. The molecule has 0 aliphatic rings. The van der Waals surface area contributed by atoms with Crippen molar-refractivity contribution in [3.8, 4) is 22.9 Å². The van der Waals surface area contributed by atoms with Crippen LogP contribution in [-0.4, -0.2) is 23.2 Å². The Morgan fingerprint density at radius 3 is 1.54 bits per heavy atom. The molecule has 1 aromatic carbocycles. The SMILES string of the molecule is CCCCCCCCCCCCOc1cnc(-c2ccc(OCCCCCCCCCC)cc2)nc1F. The van der Waals surface area contributed by atoms with Crippen molar-refractivity contribution in [3.05, 3.63) is 36.4 Å². The Hall–Kier alpha value is -2.17. The van der Waals surface area contributed by atoms with Crippen molar-refractivity contribution in [2.24, 2.45) is 0 Å². The molecule has 37 heavy (non-hydrogen) atoms. The van der Waals surface area contributed by atoms with Gasteiger partial charge >= 0.3 is 0 Å². The molecule has 2 rings (SSSR count). The van der Waals surface area contributed by atoms with Gasteiger partial charge in [0.05, 0.1) is 19.4 Å². The summed E-state index contributed by atoms with van der Waals surface area (Å²) in [4.78, 5) is 8.34. The van der Waals surface area contributed by atoms with Crippen LogP contribution >= 0.6 is 0 Å². The number of benzene rings is 1. The summed E-state index contributed by atoms with van der Waals surface area (Å²) in [6.45, 7) is 5.73. The Balaban J connectivity index is 1.59. The van der Waals surface area contributed by atoms with Crippen LogP contribution in [0.4, 0.5) is 4.39 Å². The van der Waals surface area contributed by atoms with Crippen LogP contribution in [0.5, 0.6) is 11.5 Å². The summed E-state index contributed by atoms with van der Waals surface area (Å²) in [6.07, 6.45) is 24.3. The number of aromatic nitrogens is 2. The standard InChI is InChI=1S/C32H51FN2O2/c1-3-5-7-9-11-13-14-16-18-20-26-37-30-27-34-32(35-31(30)33)28-21-23-29(24-22-28)36-25-19-17-15-12-10-8-6-4-2/h21-24,27H,3-20,25-26H2,1-2H3. The van der Waals surface area contributed by atoms with Gasteiger partial charge in [-0.15, -0.1) is 0 Å². The van der Waals surface area contributed by atoms with Crippen molar-refractivity contribution in [2.75, 3.05) is 13.2 Å². The average molecular weight is 515 g/mol. The van der Waals surface area contributed by atoms with E-state index >= 15 is 0 Å². The van der Waals surface area contributed by atoms with E-state index in [0.29, 0.717) is 12.4 Å². The third kappa shape index (κ3) is 14.4. The monoisotopic (exact) mass is 514 g/mol. The maximum absolute atomic E-state index is 14.5. The molecule has 208 valence electrons. The van der Waals surface area contributed by atoms with Crippen LogP contribution in [0.15, 0.2) is 30.5 Å². The molecule has 0 saturated heterocycles. The Bertz CT molecular complexity index is 813. The molecule has 0 N–H and O–H groups in total. The Morgan fingerprint density at radius 2 is 1.05 bits per heavy atom. The second kappa shape index (κ2) is 20.8. The lowest BCUT2D eigenvalue weighted by atomic mass is 10.1. The second-order valence-corrected chi connectivity index (χ2v) is 10.2. The van der Waals surface area contributed by atoms with E-state index in [1.54, 1.807) is 0 Å². The van der Waals surface area contributed by atoms with Crippen molar-refractivity contribution in [2.45, 2.75) is 129 Å². The van der Waals surface area contributed by atoms with Gasteiger partial charge in [0, 0.05) is 5.56 Å². The summed E-state index contributed by atoms with van der Waals surface area (Å²) >= 11 is 0. The lowest BCUT2D eigenvalue weighted by molar-refractivity contribution is 0.284. The minimum atomic E-state index is -0.605. The fourth-order valence-corrected chi connectivity index (χ4v) is 4.48. The maximum atomic E-state index is 14.5. The van der Waals surface area contributed by atoms with Crippen LogP contribution in [0.1, 0.15) is 129 Å². The highest BCUT2D eigenvalue weighted by molar-refractivity contribution is 5.56. The Kier molecular flexibility index (Phi) is 17.5. The smallest absolute Gasteiger partial charge is 0.258 e. The normalized spacial score (nSPS) is 11.1. The van der Waals surface area contributed by atoms with Gasteiger partial charge < -0.3 is 9.47 Å². The average Bonchev–Trinajstić information content (AvgIpc) is 2.92. The summed E-state index contributed by atoms with van der Waals surface area (Å²) in [5.74, 6) is 0.708. The van der Waals surface area contributed by atoms with Crippen LogP contribution in [0.25, 0.3) is 11.4 Å². The van der Waals surface area contributed by atoms with Crippen molar-refractivity contribution in [1.29, 1.82) is 0 Å². The van der Waals surface area contributed by atoms with E-state index in [4.69, 9.17) is 9.47 Å². The van der Waals surface area contributed by atoms with Crippen molar-refractivity contribution in [3.63, 3.8) is 0 Å². The lowest BCUT2D eigenvalue weighted by Crippen LogP contribution is -2.03. The summed E-state index contributed by atoms with van der Waals surface area (Å²) in [5.41, 5.74) is 0.763. The Morgan fingerprint density at radius 1 is 0.595 bits per heavy atom. The first-order valence-electron chi connectivity index (χ1n) is 15.1. The first-order chi connectivity index (χ1) is 18.2. The van der Waals surface area contributed by atoms with Crippen LogP contribution in [-0.2, 0) is 0 Å². The molecule has 2 aromatic rings. The van der Waals surface area contributed by atoms with Crippen molar-refractivity contribution < 1.29 is 13.9 Å². The highest BCUT2D eigenvalue weighted by atomic mass is 19.1. The third-order valence-electron chi connectivity index (χ3n) is 6.85. The molecule has 0 aliphatic carbocycles. The van der Waals surface area contributed by atoms with Crippen LogP contribution < -0.4 is 9.47 Å². The van der Waals surface area contributed by atoms with E-state index in [-0.39, 0.29) is 5.75 Å². The maximum Gasteiger partial charge on any atom is 0.258 e. The van der Waals surface area contributed by atoms with E-state index < -0.39 is 5.95 Å². The molecule has 1 aromatic heterocycles. The third-order valence-corrected chi connectivity index (χ3v) is 6.85. The minimum absolute atomic E-state index is 0.130. The molecular weight excluding hydrogens is 463 g/mol. The van der Waals surface area contributed by atoms with Gasteiger partial charge in [0.1, 0.15) is 5.75 Å². The van der Waals surface area contributed by atoms with E-state index in [9.17, 15) is 4.39 Å². The summed E-state index contributed by atoms with van der Waals surface area (Å²) in [7, 11) is 0. The van der Waals surface area contributed by atoms with Crippen LogP contribution in [0, 0.1) is 5.95 Å². The predicted molar refractivity (Wildman–Crippen MR) is 153 cm³/mol. The molecule has 0 radical (unpaired) electrons. The fraction of sp³-hybridized carbons (Fsp3) is 0.688. The number of rotatable bonds is 23. The molecular formula is C32H51FN2O2. The molecule has 0 bridgehead atoms. The Labute approximate surface area is 225 Å². The quantitative estimate of drug-likeness (QED) is 0.109. The molecule has 5 heteroatoms. The molecule has 0 unspecified atom stereocenters. The summed E-state index contributed by atoms with van der Waals surface area (Å²) < 4.78 is 25.9. The fourth-order valence-electron chi connectivity index (χ4n) is 4.48. The first-order valence-corrected chi connectivity index (χ1v) is 15.1. The number of ether oxygens (including phenoxy) is 2. The van der Waals surface area contributed by atoms with Gasteiger partial charge in [0.15, 0.2) is 11.6 Å². The summed E-state index contributed by atoms with van der Waals surface area (Å²) in [5, 5.41) is 0. The number of hydrogen-bond acceptors (Lipinski definition) is 4. The zero-order valence-electron chi connectivity index (χ0n) is 23.6. The largest absolute Gasteiger partial charge is 0.494 e. The number of halogens is 1. The van der Waals surface area contributed by atoms with Gasteiger partial charge in [0.2, 0.25) is 0 Å². The van der Waals surface area contributed by atoms with Gasteiger partial charge in [-0.1, -0.05) is 117 Å². The van der Waals surface area contributed by atoms with E-state index in [1.165, 1.54) is 103 Å². The van der Waals surface area contributed by atoms with Crippen molar-refractivity contribution >= 4 is 0 Å². The first kappa shape index (κ1) is 31.1. The molecule has 0 amide bonds. The topological polar surface area (TPSA) is 44.2 Å². The molecule has 0 fully saturated rings. The molecule has 0 spiro atoms. The summed E-state index contributed by atoms with van der Waals surface area (Å²) in [6, 6.07) is 7.55. The van der Waals surface area contributed by atoms with Gasteiger partial charge in [-0.25, -0.2) is 4.98 Å². The van der Waals surface area contributed by atoms with Gasteiger partial charge in [-0.3, -0.25) is 0 Å². The van der Waals surface area contributed by atoms with Crippen LogP contribution in [0.3, 0.4) is 0 Å². The number of hydrogen-bond donors (Lipinski definition) is 0. The van der Waals surface area contributed by atoms with Crippen LogP contribution in [0.2, 0.25) is 0 Å². The van der Waals surface area contributed by atoms with Gasteiger partial charge in [-0.2, -0.15) is 9.37 Å². The highest BCUT2D eigenvalue weighted by Crippen LogP contribution is 2.23. The molecule has 0 saturated carbocycles. The minimum Gasteiger partial charge on any atom is -0.494 e. The lowest BCUT2D eigenvalue weighted by Gasteiger charge is -2.09. The zero-order valence-corrected chi connectivity index (χ0v) is 23.6. The number of nitrogens with zero attached hydrogens (tertiary/aromatic N) is 2. The van der Waals surface area contributed by atoms with Gasteiger partial charge in [0.25, 0.3) is 5.95 Å². The molecule has 4 nitrogen and oxygen atoms in total. The number of unbranched alkanes of at least 4 members (excludes halogenated alkanes) is 16. The highest BCUT2D eigenvalue weighted by Gasteiger charge is 2.10.